The maximum atomic E-state index is 13.0. The van der Waals surface area contributed by atoms with Gasteiger partial charge >= 0.3 is 5.69 Å². The Morgan fingerprint density at radius 3 is 2.34 bits per heavy atom. The van der Waals surface area contributed by atoms with Crippen LogP contribution in [0.1, 0.15) is 34.8 Å². The fourth-order valence-electron chi connectivity index (χ4n) is 4.37. The number of nitrogens with one attached hydrogen (secondary N) is 1. The SMILES string of the molecule is O=C(c1ccc(COc2ccccc2)cc1)N1CCC(n2c(=O)[nH]c3ccccc32)CC1. The summed E-state index contributed by atoms with van der Waals surface area (Å²) in [6.45, 7) is 1.73. The third-order valence-corrected chi connectivity index (χ3v) is 6.09. The van der Waals surface area contributed by atoms with Gasteiger partial charge in [0.25, 0.3) is 5.91 Å². The van der Waals surface area contributed by atoms with Crippen molar-refractivity contribution in [1.82, 2.24) is 14.5 Å². The van der Waals surface area contributed by atoms with E-state index in [0.29, 0.717) is 25.3 Å². The number of ether oxygens (including phenoxy) is 1. The lowest BCUT2D eigenvalue weighted by Crippen LogP contribution is -2.40. The monoisotopic (exact) mass is 427 g/mol. The quantitative estimate of drug-likeness (QED) is 0.514. The largest absolute Gasteiger partial charge is 0.489 e. The van der Waals surface area contributed by atoms with Crippen LogP contribution >= 0.6 is 0 Å². The van der Waals surface area contributed by atoms with Gasteiger partial charge in [-0.3, -0.25) is 9.36 Å². The Hall–Kier alpha value is -3.80. The fourth-order valence-corrected chi connectivity index (χ4v) is 4.37. The van der Waals surface area contributed by atoms with Gasteiger partial charge in [-0.2, -0.15) is 0 Å². The van der Waals surface area contributed by atoms with Crippen LogP contribution in [-0.2, 0) is 6.61 Å². The lowest BCUT2D eigenvalue weighted by Gasteiger charge is -2.32. The summed E-state index contributed by atoms with van der Waals surface area (Å²) < 4.78 is 7.62. The summed E-state index contributed by atoms with van der Waals surface area (Å²) in [4.78, 5) is 30.3. The molecule has 1 fully saturated rings. The van der Waals surface area contributed by atoms with Crippen LogP contribution in [0.2, 0.25) is 0 Å². The number of hydrogen-bond acceptors (Lipinski definition) is 3. The van der Waals surface area contributed by atoms with E-state index >= 15 is 0 Å². The topological polar surface area (TPSA) is 67.3 Å². The predicted molar refractivity (Wildman–Crippen MR) is 124 cm³/mol. The Kier molecular flexibility index (Phi) is 5.50. The van der Waals surface area contributed by atoms with E-state index in [-0.39, 0.29) is 17.6 Å². The molecule has 1 aromatic heterocycles. The molecule has 5 rings (SSSR count). The van der Waals surface area contributed by atoms with Crippen LogP contribution in [0.4, 0.5) is 0 Å². The zero-order valence-corrected chi connectivity index (χ0v) is 17.7. The molecule has 1 saturated heterocycles. The summed E-state index contributed by atoms with van der Waals surface area (Å²) in [6.07, 6.45) is 1.52. The zero-order chi connectivity index (χ0) is 21.9. The molecular formula is C26H25N3O3. The van der Waals surface area contributed by atoms with Crippen molar-refractivity contribution >= 4 is 16.9 Å². The average Bonchev–Trinajstić information content (AvgIpc) is 3.19. The number of amides is 1. The van der Waals surface area contributed by atoms with Crippen LogP contribution in [0.25, 0.3) is 11.0 Å². The van der Waals surface area contributed by atoms with Crippen molar-refractivity contribution in [2.75, 3.05) is 13.1 Å². The molecule has 3 aromatic carbocycles. The Morgan fingerprint density at radius 2 is 1.59 bits per heavy atom. The second-order valence-corrected chi connectivity index (χ2v) is 8.14. The van der Waals surface area contributed by atoms with Gasteiger partial charge < -0.3 is 14.6 Å². The van der Waals surface area contributed by atoms with Crippen molar-refractivity contribution in [3.8, 4) is 5.75 Å². The Balaban J connectivity index is 1.21. The summed E-state index contributed by atoms with van der Waals surface area (Å²) in [6, 6.07) is 25.1. The van der Waals surface area contributed by atoms with E-state index < -0.39 is 0 Å². The van der Waals surface area contributed by atoms with Crippen LogP contribution in [0, 0.1) is 0 Å². The minimum atomic E-state index is -0.0794. The molecule has 1 amide bonds. The molecular weight excluding hydrogens is 402 g/mol. The number of hydrogen-bond donors (Lipinski definition) is 1. The highest BCUT2D eigenvalue weighted by Gasteiger charge is 2.26. The van der Waals surface area contributed by atoms with Crippen LogP contribution in [0.15, 0.2) is 83.7 Å². The number of aromatic amines is 1. The van der Waals surface area contributed by atoms with Crippen molar-refractivity contribution in [1.29, 1.82) is 0 Å². The number of likely N-dealkylation sites (tertiary alicyclic amines) is 1. The minimum absolute atomic E-state index is 0.0326. The lowest BCUT2D eigenvalue weighted by molar-refractivity contribution is 0.0695. The van der Waals surface area contributed by atoms with Gasteiger partial charge in [-0.05, 0) is 54.8 Å². The van der Waals surface area contributed by atoms with Gasteiger partial charge in [0.2, 0.25) is 0 Å². The number of rotatable bonds is 5. The van der Waals surface area contributed by atoms with Crippen molar-refractivity contribution in [2.45, 2.75) is 25.5 Å². The van der Waals surface area contributed by atoms with E-state index in [1.54, 1.807) is 0 Å². The second kappa shape index (κ2) is 8.75. The highest BCUT2D eigenvalue weighted by atomic mass is 16.5. The molecule has 2 heterocycles. The van der Waals surface area contributed by atoms with Gasteiger partial charge in [-0.15, -0.1) is 0 Å². The standard InChI is InChI=1S/C26H25N3O3/c30-25(20-12-10-19(11-13-20)18-32-22-6-2-1-3-7-22)28-16-14-21(15-17-28)29-24-9-5-4-8-23(24)27-26(29)31/h1-13,21H,14-18H2,(H,27,31). The summed E-state index contributed by atoms with van der Waals surface area (Å²) in [5.74, 6) is 0.857. The highest BCUT2D eigenvalue weighted by Crippen LogP contribution is 2.25. The number of carbonyl (C=O) groups is 1. The average molecular weight is 428 g/mol. The third-order valence-electron chi connectivity index (χ3n) is 6.09. The van der Waals surface area contributed by atoms with Gasteiger partial charge in [-0.1, -0.05) is 42.5 Å². The summed E-state index contributed by atoms with van der Waals surface area (Å²) in [5.41, 5.74) is 3.39. The first-order valence-electron chi connectivity index (χ1n) is 10.9. The number of nitrogens with zero attached hydrogens (tertiary/aromatic N) is 2. The first-order valence-corrected chi connectivity index (χ1v) is 10.9. The number of imidazole rings is 1. The van der Waals surface area contributed by atoms with Crippen LogP contribution < -0.4 is 10.4 Å². The summed E-state index contributed by atoms with van der Waals surface area (Å²) in [7, 11) is 0. The number of H-pyrrole nitrogens is 1. The summed E-state index contributed by atoms with van der Waals surface area (Å²) in [5, 5.41) is 0. The van der Waals surface area contributed by atoms with Crippen molar-refractivity contribution in [2.24, 2.45) is 0 Å². The maximum absolute atomic E-state index is 13.0. The first kappa shape index (κ1) is 20.1. The Bertz CT molecular complexity index is 1270. The summed E-state index contributed by atoms with van der Waals surface area (Å²) >= 11 is 0. The van der Waals surface area contributed by atoms with Gasteiger partial charge in [0.15, 0.2) is 0 Å². The number of aromatic nitrogens is 2. The third kappa shape index (κ3) is 4.04. The van der Waals surface area contributed by atoms with E-state index in [4.69, 9.17) is 4.74 Å². The molecule has 0 spiro atoms. The van der Waals surface area contributed by atoms with Crippen LogP contribution in [-0.4, -0.2) is 33.4 Å². The number of piperidine rings is 1. The van der Waals surface area contributed by atoms with E-state index in [0.717, 1.165) is 35.2 Å². The van der Waals surface area contributed by atoms with Gasteiger partial charge in [0, 0.05) is 24.7 Å². The maximum Gasteiger partial charge on any atom is 0.326 e. The molecule has 0 unspecified atom stereocenters. The van der Waals surface area contributed by atoms with E-state index in [1.807, 2.05) is 88.3 Å². The molecule has 6 nitrogen and oxygen atoms in total. The molecule has 32 heavy (non-hydrogen) atoms. The normalized spacial score (nSPS) is 14.6. The molecule has 6 heteroatoms. The minimum Gasteiger partial charge on any atom is -0.489 e. The van der Waals surface area contributed by atoms with Crippen molar-refractivity contribution < 1.29 is 9.53 Å². The molecule has 0 aliphatic carbocycles. The molecule has 1 N–H and O–H groups in total. The first-order chi connectivity index (χ1) is 15.7. The smallest absolute Gasteiger partial charge is 0.326 e. The molecule has 1 aliphatic rings. The fraction of sp³-hybridized carbons (Fsp3) is 0.231. The van der Waals surface area contributed by atoms with Gasteiger partial charge in [0.05, 0.1) is 11.0 Å². The molecule has 0 saturated carbocycles. The number of benzene rings is 3. The highest BCUT2D eigenvalue weighted by molar-refractivity contribution is 5.94. The van der Waals surface area contributed by atoms with E-state index in [1.165, 1.54) is 0 Å². The molecule has 0 atom stereocenters. The van der Waals surface area contributed by atoms with E-state index in [9.17, 15) is 9.59 Å². The van der Waals surface area contributed by atoms with Gasteiger partial charge in [-0.25, -0.2) is 4.79 Å². The molecule has 4 aromatic rings. The number of carbonyl (C=O) groups excluding carboxylic acids is 1. The van der Waals surface area contributed by atoms with Crippen LogP contribution in [0.3, 0.4) is 0 Å². The van der Waals surface area contributed by atoms with Gasteiger partial charge in [0.1, 0.15) is 12.4 Å². The number of para-hydroxylation sites is 3. The Morgan fingerprint density at radius 1 is 0.906 bits per heavy atom. The Labute approximate surface area is 186 Å². The molecule has 1 aliphatic heterocycles. The zero-order valence-electron chi connectivity index (χ0n) is 17.7. The molecule has 162 valence electrons. The van der Waals surface area contributed by atoms with E-state index in [2.05, 4.69) is 4.98 Å². The van der Waals surface area contributed by atoms with Crippen LogP contribution in [0.5, 0.6) is 5.75 Å². The lowest BCUT2D eigenvalue weighted by atomic mass is 10.0. The molecule has 0 radical (unpaired) electrons. The second-order valence-electron chi connectivity index (χ2n) is 8.14. The predicted octanol–water partition coefficient (Wildman–Crippen LogP) is 4.39. The van der Waals surface area contributed by atoms with Crippen molar-refractivity contribution in [3.63, 3.8) is 0 Å². The molecule has 0 bridgehead atoms. The van der Waals surface area contributed by atoms with Crippen molar-refractivity contribution in [3.05, 3.63) is 100 Å². The number of fused-ring (bicyclic) bond motifs is 1.